The van der Waals surface area contributed by atoms with Gasteiger partial charge in [0.25, 0.3) is 0 Å². The molecule has 0 atom stereocenters. The van der Waals surface area contributed by atoms with Gasteiger partial charge >= 0.3 is 0 Å². The first-order valence-electron chi connectivity index (χ1n) is 13.5. The topological polar surface area (TPSA) is 92.3 Å². The highest BCUT2D eigenvalue weighted by atomic mass is 79.9. The average molecular weight is 852 g/mol. The fourth-order valence-electron chi connectivity index (χ4n) is 3.40. The Hall–Kier alpha value is -0.680. The van der Waals surface area contributed by atoms with Crippen molar-refractivity contribution in [2.75, 3.05) is 106 Å². The molecule has 0 N–H and O–H groups in total. The van der Waals surface area contributed by atoms with Crippen LogP contribution in [0.4, 0.5) is 0 Å². The first-order chi connectivity index (χ1) is 20.5. The predicted octanol–water partition coefficient (Wildman–Crippen LogP) is 6.07. The molecule has 0 aromatic heterocycles. The third-order valence-corrected chi connectivity index (χ3v) is 9.09. The van der Waals surface area contributed by atoms with Crippen LogP contribution < -0.4 is 18.9 Å². The highest BCUT2D eigenvalue weighted by Crippen LogP contribution is 2.37. The Bertz CT molecular complexity index is 965. The van der Waals surface area contributed by atoms with Crippen molar-refractivity contribution in [2.45, 2.75) is 0 Å². The van der Waals surface area contributed by atoms with Crippen LogP contribution >= 0.6 is 63.7 Å². The third kappa shape index (κ3) is 14.4. The Balaban J connectivity index is 1.47. The van der Waals surface area contributed by atoms with Crippen LogP contribution in [0, 0.1) is 0 Å². The van der Waals surface area contributed by atoms with Crippen LogP contribution in [0.25, 0.3) is 0 Å². The number of hydrogen-bond acceptors (Lipinski definition) is 10. The second kappa shape index (κ2) is 21.9. The van der Waals surface area contributed by atoms with Crippen LogP contribution in [0.5, 0.6) is 23.0 Å². The third-order valence-electron chi connectivity index (χ3n) is 5.40. The van der Waals surface area contributed by atoms with Gasteiger partial charge in [0.15, 0.2) is 23.0 Å². The molecule has 0 aliphatic carbocycles. The Morgan fingerprint density at radius 2 is 0.452 bits per heavy atom. The Kier molecular flexibility index (Phi) is 18.7. The molecule has 1 heterocycles. The van der Waals surface area contributed by atoms with E-state index in [1.54, 1.807) is 0 Å². The van der Waals surface area contributed by atoms with Crippen molar-refractivity contribution in [1.29, 1.82) is 0 Å². The van der Waals surface area contributed by atoms with Crippen molar-refractivity contribution in [3.05, 3.63) is 42.2 Å². The van der Waals surface area contributed by atoms with Crippen molar-refractivity contribution in [2.24, 2.45) is 0 Å². The fourth-order valence-corrected chi connectivity index (χ4v) is 4.69. The molecular formula is C28H36Br4O10. The van der Waals surface area contributed by atoms with E-state index in [9.17, 15) is 0 Å². The maximum Gasteiger partial charge on any atom is 0.162 e. The number of fused-ring (bicyclic) bond motifs is 2. The summed E-state index contributed by atoms with van der Waals surface area (Å²) in [5.41, 5.74) is 0. The molecule has 0 spiro atoms. The van der Waals surface area contributed by atoms with Crippen molar-refractivity contribution < 1.29 is 47.4 Å². The van der Waals surface area contributed by atoms with Gasteiger partial charge in [-0.3, -0.25) is 0 Å². The van der Waals surface area contributed by atoms with Crippen LogP contribution in [0.2, 0.25) is 0 Å². The lowest BCUT2D eigenvalue weighted by Gasteiger charge is -2.15. The summed E-state index contributed by atoms with van der Waals surface area (Å²) in [6.07, 6.45) is 0. The summed E-state index contributed by atoms with van der Waals surface area (Å²) in [4.78, 5) is 0. The minimum absolute atomic E-state index is 0.358. The Morgan fingerprint density at radius 3 is 0.643 bits per heavy atom. The van der Waals surface area contributed by atoms with Crippen molar-refractivity contribution in [3.63, 3.8) is 0 Å². The SMILES string of the molecule is Brc1cc2c(cc1Br)OCCOCCOCCOc1cc(Br)c(Br)cc1OCCOCCOCCOCCOCCO2. The van der Waals surface area contributed by atoms with Crippen molar-refractivity contribution in [1.82, 2.24) is 0 Å². The lowest BCUT2D eigenvalue weighted by molar-refractivity contribution is -0.00725. The Morgan fingerprint density at radius 1 is 0.286 bits per heavy atom. The van der Waals surface area contributed by atoms with Gasteiger partial charge in [-0.15, -0.1) is 0 Å². The molecule has 0 fully saturated rings. The highest BCUT2D eigenvalue weighted by Gasteiger charge is 2.12. The molecule has 2 aromatic carbocycles. The Labute approximate surface area is 280 Å². The summed E-state index contributed by atoms with van der Waals surface area (Å²) in [6, 6.07) is 7.42. The van der Waals surface area contributed by atoms with E-state index in [2.05, 4.69) is 63.7 Å². The average Bonchev–Trinajstić information content (AvgIpc) is 2.97. The fraction of sp³-hybridized carbons (Fsp3) is 0.571. The molecule has 0 amide bonds. The first kappa shape index (κ1) is 35.8. The van der Waals surface area contributed by atoms with E-state index >= 15 is 0 Å². The van der Waals surface area contributed by atoms with Gasteiger partial charge in [0.2, 0.25) is 0 Å². The van der Waals surface area contributed by atoms with Crippen LogP contribution in [0.3, 0.4) is 0 Å². The van der Waals surface area contributed by atoms with Gasteiger partial charge in [-0.2, -0.15) is 0 Å². The normalized spacial score (nSPS) is 18.6. The number of rotatable bonds is 0. The summed E-state index contributed by atoms with van der Waals surface area (Å²) in [5, 5.41) is 0. The number of ether oxygens (including phenoxy) is 10. The van der Waals surface area contributed by atoms with Crippen LogP contribution in [-0.2, 0) is 28.4 Å². The van der Waals surface area contributed by atoms with E-state index in [-0.39, 0.29) is 0 Å². The zero-order valence-electron chi connectivity index (χ0n) is 23.2. The van der Waals surface area contributed by atoms with Crippen molar-refractivity contribution in [3.8, 4) is 23.0 Å². The maximum absolute atomic E-state index is 5.91. The summed E-state index contributed by atoms with van der Waals surface area (Å²) in [5.74, 6) is 2.44. The van der Waals surface area contributed by atoms with Crippen LogP contribution in [0.1, 0.15) is 0 Å². The first-order valence-corrected chi connectivity index (χ1v) is 16.7. The maximum atomic E-state index is 5.91. The van der Waals surface area contributed by atoms with E-state index in [1.165, 1.54) is 0 Å². The number of benzene rings is 2. The van der Waals surface area contributed by atoms with E-state index in [4.69, 9.17) is 47.4 Å². The molecule has 236 valence electrons. The van der Waals surface area contributed by atoms with E-state index in [0.717, 1.165) is 17.9 Å². The zero-order valence-corrected chi connectivity index (χ0v) is 29.6. The monoisotopic (exact) mass is 848 g/mol. The number of hydrogen-bond donors (Lipinski definition) is 0. The molecule has 1 aliphatic heterocycles. The van der Waals surface area contributed by atoms with Gasteiger partial charge in [-0.05, 0) is 88.0 Å². The molecule has 2 aromatic rings. The minimum Gasteiger partial charge on any atom is -0.487 e. The molecule has 1 aliphatic rings. The van der Waals surface area contributed by atoms with Crippen molar-refractivity contribution >= 4 is 63.7 Å². The summed E-state index contributed by atoms with van der Waals surface area (Å²) >= 11 is 14.0. The summed E-state index contributed by atoms with van der Waals surface area (Å²) < 4.78 is 60.6. The molecule has 3 rings (SSSR count). The molecule has 0 saturated heterocycles. The quantitative estimate of drug-likeness (QED) is 0.312. The lowest BCUT2D eigenvalue weighted by Crippen LogP contribution is -2.15. The van der Waals surface area contributed by atoms with Crippen LogP contribution in [0.15, 0.2) is 42.2 Å². The lowest BCUT2D eigenvalue weighted by atomic mass is 10.3. The van der Waals surface area contributed by atoms with Gasteiger partial charge in [-0.1, -0.05) is 0 Å². The zero-order chi connectivity index (χ0) is 29.8. The smallest absolute Gasteiger partial charge is 0.162 e. The van der Waals surface area contributed by atoms with Gasteiger partial charge in [0.05, 0.1) is 79.3 Å². The minimum atomic E-state index is 0.358. The molecule has 42 heavy (non-hydrogen) atoms. The highest BCUT2D eigenvalue weighted by molar-refractivity contribution is 9.13. The van der Waals surface area contributed by atoms with Gasteiger partial charge < -0.3 is 47.4 Å². The van der Waals surface area contributed by atoms with Crippen LogP contribution in [-0.4, -0.2) is 106 Å². The second-order valence-electron chi connectivity index (χ2n) is 8.49. The van der Waals surface area contributed by atoms with E-state index in [1.807, 2.05) is 24.3 Å². The molecular weight excluding hydrogens is 816 g/mol. The number of halogens is 4. The summed E-state index contributed by atoms with van der Waals surface area (Å²) in [7, 11) is 0. The summed E-state index contributed by atoms with van der Waals surface area (Å²) in [6.45, 7) is 6.78. The molecule has 10 nitrogen and oxygen atoms in total. The molecule has 0 bridgehead atoms. The second-order valence-corrected chi connectivity index (χ2v) is 11.9. The van der Waals surface area contributed by atoms with Gasteiger partial charge in [0.1, 0.15) is 26.4 Å². The molecule has 0 saturated carbocycles. The predicted molar refractivity (Wildman–Crippen MR) is 171 cm³/mol. The molecule has 14 heteroatoms. The largest absolute Gasteiger partial charge is 0.487 e. The van der Waals surface area contributed by atoms with E-state index in [0.29, 0.717) is 129 Å². The molecule has 0 radical (unpaired) electrons. The van der Waals surface area contributed by atoms with Gasteiger partial charge in [0, 0.05) is 17.9 Å². The van der Waals surface area contributed by atoms with Gasteiger partial charge in [-0.25, -0.2) is 0 Å². The van der Waals surface area contributed by atoms with E-state index < -0.39 is 0 Å². The molecule has 0 unspecified atom stereocenters. The standard InChI is InChI=1S/C28H36Br4O10/c29-21-17-25-27(19-23(21)31)41-15-11-37-7-8-38-12-16-42-28-20-24(32)22(30)18-26(28)40-14-10-36-6-4-34-2-1-33-3-5-35-9-13-39-25/h17-20H,1-16H2.